The van der Waals surface area contributed by atoms with Crippen molar-refractivity contribution in [2.75, 3.05) is 0 Å². The van der Waals surface area contributed by atoms with Crippen molar-refractivity contribution in [2.24, 2.45) is 0 Å². The van der Waals surface area contributed by atoms with Gasteiger partial charge in [-0.05, 0) is 24.3 Å². The number of carboxylic acid groups (broad SMARTS) is 1. The molecule has 1 N–H and O–H groups in total. The fourth-order valence-corrected chi connectivity index (χ4v) is 0.732. The second-order valence-electron chi connectivity index (χ2n) is 2.04. The average Bonchev–Trinajstić information content (AvgIpc) is 2.06. The standard InChI is InChI=1S/C8H6O4.K.Na.2H/c9-5-12-7-3-1-6(2-4-7)8(10)11;;;;/h1-5H,(H,10,11);;;;. The Balaban J connectivity index is 0. The van der Waals surface area contributed by atoms with Crippen molar-refractivity contribution in [1.29, 1.82) is 0 Å². The number of carboxylic acids is 1. The van der Waals surface area contributed by atoms with Gasteiger partial charge in [-0.25, -0.2) is 4.79 Å². The summed E-state index contributed by atoms with van der Waals surface area (Å²) in [5, 5.41) is 8.50. The Hall–Kier alpha value is 0.796. The molecule has 4 nitrogen and oxygen atoms in total. The predicted octanol–water partition coefficient (Wildman–Crippen LogP) is -0.377. The zero-order valence-corrected chi connectivity index (χ0v) is 6.06. The van der Waals surface area contributed by atoms with Crippen LogP contribution in [0.4, 0.5) is 0 Å². The van der Waals surface area contributed by atoms with Gasteiger partial charge in [-0.3, -0.25) is 4.79 Å². The predicted molar refractivity (Wildman–Crippen MR) is 54.4 cm³/mol. The summed E-state index contributed by atoms with van der Waals surface area (Å²) in [4.78, 5) is 20.2. The molecule has 6 heteroatoms. The van der Waals surface area contributed by atoms with E-state index < -0.39 is 5.97 Å². The van der Waals surface area contributed by atoms with Crippen LogP contribution in [0.15, 0.2) is 24.3 Å². The van der Waals surface area contributed by atoms with Gasteiger partial charge in [0, 0.05) is 0 Å². The maximum atomic E-state index is 10.4. The molecule has 0 heterocycles. The van der Waals surface area contributed by atoms with Crippen LogP contribution in [0.1, 0.15) is 10.4 Å². The van der Waals surface area contributed by atoms with Crippen molar-refractivity contribution >= 4 is 93.4 Å². The summed E-state index contributed by atoms with van der Waals surface area (Å²) in [6.07, 6.45) is 0. The van der Waals surface area contributed by atoms with E-state index in [-0.39, 0.29) is 93.0 Å². The second kappa shape index (κ2) is 9.05. The van der Waals surface area contributed by atoms with Crippen LogP contribution < -0.4 is 4.74 Å². The van der Waals surface area contributed by atoms with Crippen LogP contribution in [0, 0.1) is 0 Å². The van der Waals surface area contributed by atoms with Crippen molar-refractivity contribution in [3.8, 4) is 5.75 Å². The molecule has 1 rings (SSSR count). The summed E-state index contributed by atoms with van der Waals surface area (Å²) in [5.41, 5.74) is 0.160. The van der Waals surface area contributed by atoms with Crippen LogP contribution in [-0.2, 0) is 4.79 Å². The van der Waals surface area contributed by atoms with Crippen LogP contribution in [0.5, 0.6) is 5.75 Å². The molecule has 0 saturated heterocycles. The fraction of sp³-hybridized carbons (Fsp3) is 0. The van der Waals surface area contributed by atoms with Crippen LogP contribution in [0.2, 0.25) is 0 Å². The first-order valence-electron chi connectivity index (χ1n) is 3.17. The summed E-state index contributed by atoms with van der Waals surface area (Å²) >= 11 is 0. The SMILES string of the molecule is O=COc1ccc(C(=O)O)cc1.[KH].[NaH]. The summed E-state index contributed by atoms with van der Waals surface area (Å²) in [6.45, 7) is 0.287. The van der Waals surface area contributed by atoms with E-state index in [4.69, 9.17) is 5.11 Å². The molecular weight excluding hydrogens is 222 g/mol. The first kappa shape index (κ1) is 17.2. The molecule has 0 amide bonds. The third kappa shape index (κ3) is 5.62. The molecule has 14 heavy (non-hydrogen) atoms. The van der Waals surface area contributed by atoms with Gasteiger partial charge >= 0.3 is 86.9 Å². The van der Waals surface area contributed by atoms with Crippen LogP contribution >= 0.6 is 0 Å². The van der Waals surface area contributed by atoms with Gasteiger partial charge in [0.15, 0.2) is 0 Å². The summed E-state index contributed by atoms with van der Waals surface area (Å²) in [6, 6.07) is 5.55. The first-order valence-corrected chi connectivity index (χ1v) is 3.17. The van der Waals surface area contributed by atoms with Crippen molar-refractivity contribution in [1.82, 2.24) is 0 Å². The number of aromatic carboxylic acids is 1. The minimum atomic E-state index is -1.01. The molecule has 0 aromatic heterocycles. The Kier molecular flexibility index (Phi) is 11.1. The van der Waals surface area contributed by atoms with Gasteiger partial charge in [0.1, 0.15) is 5.75 Å². The summed E-state index contributed by atoms with van der Waals surface area (Å²) in [7, 11) is 0. The topological polar surface area (TPSA) is 63.6 Å². The molecule has 0 radical (unpaired) electrons. The van der Waals surface area contributed by atoms with E-state index in [1.54, 1.807) is 0 Å². The average molecular weight is 230 g/mol. The minimum absolute atomic E-state index is 0. The molecule has 0 aliphatic carbocycles. The number of ether oxygens (including phenoxy) is 1. The van der Waals surface area contributed by atoms with Gasteiger partial charge in [0.25, 0.3) is 6.47 Å². The Morgan fingerprint density at radius 2 is 1.79 bits per heavy atom. The molecule has 1 aromatic carbocycles. The van der Waals surface area contributed by atoms with Gasteiger partial charge in [-0.1, -0.05) is 0 Å². The molecule has 0 unspecified atom stereocenters. The van der Waals surface area contributed by atoms with E-state index >= 15 is 0 Å². The number of benzene rings is 1. The zero-order valence-electron chi connectivity index (χ0n) is 6.06. The monoisotopic (exact) mass is 230 g/mol. The quantitative estimate of drug-likeness (QED) is 0.568. The number of hydrogen-bond donors (Lipinski definition) is 1. The fourth-order valence-electron chi connectivity index (χ4n) is 0.732. The van der Waals surface area contributed by atoms with E-state index in [9.17, 15) is 9.59 Å². The third-order valence-corrected chi connectivity index (χ3v) is 1.29. The van der Waals surface area contributed by atoms with E-state index in [2.05, 4.69) is 4.74 Å². The van der Waals surface area contributed by atoms with E-state index in [0.29, 0.717) is 5.75 Å². The van der Waals surface area contributed by atoms with Crippen LogP contribution in [0.25, 0.3) is 0 Å². The van der Waals surface area contributed by atoms with E-state index in [0.717, 1.165) is 0 Å². The van der Waals surface area contributed by atoms with Crippen molar-refractivity contribution in [3.63, 3.8) is 0 Å². The molecule has 0 aliphatic rings. The number of hydrogen-bond acceptors (Lipinski definition) is 3. The maximum absolute atomic E-state index is 10.4. The van der Waals surface area contributed by atoms with Gasteiger partial charge in [0.05, 0.1) is 5.56 Å². The molecule has 0 atom stereocenters. The van der Waals surface area contributed by atoms with Gasteiger partial charge in [-0.2, -0.15) is 0 Å². The molecule has 0 fully saturated rings. The molecule has 0 bridgehead atoms. The number of carbonyl (C=O) groups is 2. The third-order valence-electron chi connectivity index (χ3n) is 1.29. The van der Waals surface area contributed by atoms with Crippen LogP contribution in [0.3, 0.4) is 0 Å². The second-order valence-corrected chi connectivity index (χ2v) is 2.04. The molecule has 0 aliphatic heterocycles. The first-order chi connectivity index (χ1) is 5.74. The van der Waals surface area contributed by atoms with E-state index in [1.807, 2.05) is 0 Å². The molecule has 0 spiro atoms. The number of rotatable bonds is 3. The Bertz CT molecular complexity index is 299. The van der Waals surface area contributed by atoms with Gasteiger partial charge < -0.3 is 9.84 Å². The Labute approximate surface area is 146 Å². The molecular formula is C8H8KNaO4. The van der Waals surface area contributed by atoms with E-state index in [1.165, 1.54) is 24.3 Å². The summed E-state index contributed by atoms with van der Waals surface area (Å²) < 4.78 is 4.47. The normalized spacial score (nSPS) is 7.71. The summed E-state index contributed by atoms with van der Waals surface area (Å²) in [5.74, 6) is -0.678. The van der Waals surface area contributed by atoms with Crippen LogP contribution in [-0.4, -0.2) is 98.5 Å². The van der Waals surface area contributed by atoms with Gasteiger partial charge in [-0.15, -0.1) is 0 Å². The molecule has 0 saturated carbocycles. The van der Waals surface area contributed by atoms with Crippen molar-refractivity contribution in [2.45, 2.75) is 0 Å². The Morgan fingerprint density at radius 1 is 1.29 bits per heavy atom. The zero-order chi connectivity index (χ0) is 8.97. The van der Waals surface area contributed by atoms with Gasteiger partial charge in [0.2, 0.25) is 0 Å². The van der Waals surface area contributed by atoms with Crippen molar-refractivity contribution in [3.05, 3.63) is 29.8 Å². The van der Waals surface area contributed by atoms with Crippen molar-refractivity contribution < 1.29 is 19.4 Å². The number of carbonyl (C=O) groups excluding carboxylic acids is 1. The molecule has 66 valence electrons. The molecule has 1 aromatic rings. The Morgan fingerprint density at radius 3 is 2.14 bits per heavy atom.